The van der Waals surface area contributed by atoms with Gasteiger partial charge in [0.05, 0.1) is 31.2 Å². The molecular weight excluding hydrogens is 474 g/mol. The summed E-state index contributed by atoms with van der Waals surface area (Å²) in [6, 6.07) is 3.82. The smallest absolute Gasteiger partial charge is 0.360 e. The quantitative estimate of drug-likeness (QED) is 0.216. The van der Waals surface area contributed by atoms with Crippen molar-refractivity contribution in [3.8, 4) is 0 Å². The first-order valence-electron chi connectivity index (χ1n) is 9.92. The van der Waals surface area contributed by atoms with Gasteiger partial charge in [0, 0.05) is 12.1 Å². The molecule has 0 bridgehead atoms. The molecular formula is C19H19N5O9S. The van der Waals surface area contributed by atoms with Crippen LogP contribution in [0.25, 0.3) is 0 Å². The Hall–Kier alpha value is -3.88. The monoisotopic (exact) mass is 493 g/mol. The lowest BCUT2D eigenvalue weighted by Gasteiger charge is -2.36. The number of sulfone groups is 1. The van der Waals surface area contributed by atoms with Crippen molar-refractivity contribution in [2.24, 2.45) is 0 Å². The predicted octanol–water partition coefficient (Wildman–Crippen LogP) is -0.170. The Morgan fingerprint density at radius 2 is 1.97 bits per heavy atom. The second kappa shape index (κ2) is 8.16. The predicted molar refractivity (Wildman–Crippen MR) is 111 cm³/mol. The average Bonchev–Trinajstić information content (AvgIpc) is 3.31. The molecule has 2 aromatic rings. The Balaban J connectivity index is 1.59. The van der Waals surface area contributed by atoms with Gasteiger partial charge in [-0.25, -0.2) is 22.7 Å². The Morgan fingerprint density at radius 3 is 2.56 bits per heavy atom. The van der Waals surface area contributed by atoms with Crippen molar-refractivity contribution in [1.82, 2.24) is 19.9 Å². The molecule has 1 aromatic heterocycles. The molecule has 0 radical (unpaired) electrons. The molecule has 15 heteroatoms. The third-order valence-electron chi connectivity index (χ3n) is 5.97. The zero-order chi connectivity index (χ0) is 24.8. The first-order chi connectivity index (χ1) is 16.0. The number of nitro benzene ring substituents is 1. The van der Waals surface area contributed by atoms with Gasteiger partial charge in [-0.15, -0.1) is 5.10 Å². The van der Waals surface area contributed by atoms with Gasteiger partial charge < -0.3 is 14.4 Å². The number of non-ortho nitro benzene ring substituents is 1. The van der Waals surface area contributed by atoms with Crippen molar-refractivity contribution in [3.05, 3.63) is 51.8 Å². The van der Waals surface area contributed by atoms with Crippen molar-refractivity contribution in [2.75, 3.05) is 7.11 Å². The number of β-lactam (4-membered cyclic amide) rings is 1. The van der Waals surface area contributed by atoms with Crippen LogP contribution in [0.4, 0.5) is 5.69 Å². The van der Waals surface area contributed by atoms with E-state index < -0.39 is 48.8 Å². The number of aromatic nitrogens is 3. The Labute approximate surface area is 192 Å². The van der Waals surface area contributed by atoms with Gasteiger partial charge in [0.25, 0.3) is 5.69 Å². The summed E-state index contributed by atoms with van der Waals surface area (Å²) in [4.78, 5) is 48.2. The number of benzene rings is 1. The highest BCUT2D eigenvalue weighted by molar-refractivity contribution is 7.93. The highest BCUT2D eigenvalue weighted by atomic mass is 32.2. The van der Waals surface area contributed by atoms with Crippen molar-refractivity contribution < 1.29 is 37.2 Å². The van der Waals surface area contributed by atoms with Gasteiger partial charge in [-0.2, -0.15) is 0 Å². The molecule has 1 amide bonds. The molecule has 34 heavy (non-hydrogen) atoms. The van der Waals surface area contributed by atoms with Gasteiger partial charge in [0.15, 0.2) is 21.6 Å². The van der Waals surface area contributed by atoms with E-state index in [0.29, 0.717) is 5.56 Å². The third-order valence-corrected chi connectivity index (χ3v) is 8.74. The van der Waals surface area contributed by atoms with Crippen LogP contribution < -0.4 is 0 Å². The highest BCUT2D eigenvalue weighted by Gasteiger charge is 2.70. The fraction of sp³-hybridized carbons (Fsp3) is 0.421. The van der Waals surface area contributed by atoms with Gasteiger partial charge in [0.2, 0.25) is 5.91 Å². The summed E-state index contributed by atoms with van der Waals surface area (Å²) < 4.78 is 35.7. The van der Waals surface area contributed by atoms with E-state index in [9.17, 15) is 32.9 Å². The second-order valence-electron chi connectivity index (χ2n) is 8.04. The van der Waals surface area contributed by atoms with E-state index in [1.165, 1.54) is 37.4 Å². The molecule has 2 fully saturated rings. The van der Waals surface area contributed by atoms with E-state index in [2.05, 4.69) is 15.0 Å². The van der Waals surface area contributed by atoms with Gasteiger partial charge in [-0.05, 0) is 24.6 Å². The Morgan fingerprint density at radius 1 is 1.29 bits per heavy atom. The van der Waals surface area contributed by atoms with Crippen LogP contribution in [0.15, 0.2) is 30.5 Å². The number of carbonyl (C=O) groups excluding carboxylic acids is 3. The number of carbonyl (C=O) groups is 3. The van der Waals surface area contributed by atoms with Gasteiger partial charge in [-0.3, -0.25) is 14.9 Å². The summed E-state index contributed by atoms with van der Waals surface area (Å²) in [5.41, 5.74) is 0.142. The number of esters is 2. The lowest BCUT2D eigenvalue weighted by atomic mass is 9.96. The van der Waals surface area contributed by atoms with E-state index in [1.54, 1.807) is 0 Å². The SMILES string of the molecule is COC(=O)c1cn(C[C@@]2(C)[C@H](C(=O)OCc3ccc([N+](=O)[O-])cc3)N3C(=O)C[C@H]3S2(=O)=O)nn1. The standard InChI is InChI=1S/C19H19N5O9S/c1-19(10-22-8-13(20-21-22)17(26)32-2)16(23-14(25)7-15(23)34(19,30)31)18(27)33-9-11-3-5-12(6-4-11)24(28)29/h3-6,8,15-16H,7,9-10H2,1-2H3/t15-,16+,19+/m1/s1. The minimum atomic E-state index is -4.04. The minimum absolute atomic E-state index is 0.141. The van der Waals surface area contributed by atoms with E-state index in [1.807, 2.05) is 0 Å². The van der Waals surface area contributed by atoms with Crippen LogP contribution in [-0.4, -0.2) is 74.4 Å². The average molecular weight is 493 g/mol. The molecule has 1 aromatic carbocycles. The zero-order valence-electron chi connectivity index (χ0n) is 18.0. The topological polar surface area (TPSA) is 181 Å². The Kier molecular flexibility index (Phi) is 5.59. The van der Waals surface area contributed by atoms with Crippen molar-refractivity contribution >= 4 is 33.4 Å². The molecule has 180 valence electrons. The molecule has 4 rings (SSSR count). The summed E-state index contributed by atoms with van der Waals surface area (Å²) in [5.74, 6) is -2.24. The first-order valence-corrected chi connectivity index (χ1v) is 11.5. The van der Waals surface area contributed by atoms with Crippen molar-refractivity contribution in [2.45, 2.75) is 42.7 Å². The van der Waals surface area contributed by atoms with Crippen LogP contribution in [0.5, 0.6) is 0 Å². The molecule has 0 unspecified atom stereocenters. The number of fused-ring (bicyclic) bond motifs is 1. The molecule has 2 aliphatic rings. The maximum Gasteiger partial charge on any atom is 0.360 e. The molecule has 0 spiro atoms. The minimum Gasteiger partial charge on any atom is -0.464 e. The largest absolute Gasteiger partial charge is 0.464 e. The maximum absolute atomic E-state index is 13.3. The molecule has 2 saturated heterocycles. The number of rotatable bonds is 7. The molecule has 3 atom stereocenters. The fourth-order valence-electron chi connectivity index (χ4n) is 4.11. The number of methoxy groups -OCH3 is 1. The van der Waals surface area contributed by atoms with Crippen LogP contribution >= 0.6 is 0 Å². The molecule has 0 N–H and O–H groups in total. The molecule has 14 nitrogen and oxygen atoms in total. The fourth-order valence-corrected chi connectivity index (χ4v) is 6.47. The van der Waals surface area contributed by atoms with Crippen LogP contribution in [0.3, 0.4) is 0 Å². The highest BCUT2D eigenvalue weighted by Crippen LogP contribution is 2.47. The van der Waals surface area contributed by atoms with Crippen LogP contribution in [0.1, 0.15) is 29.4 Å². The lowest BCUT2D eigenvalue weighted by molar-refractivity contribution is -0.384. The summed E-state index contributed by atoms with van der Waals surface area (Å²) in [6.45, 7) is 0.647. The summed E-state index contributed by atoms with van der Waals surface area (Å²) >= 11 is 0. The summed E-state index contributed by atoms with van der Waals surface area (Å²) in [5, 5.41) is 17.0. The molecule has 3 heterocycles. The zero-order valence-corrected chi connectivity index (χ0v) is 18.8. The van der Waals surface area contributed by atoms with E-state index in [4.69, 9.17) is 4.74 Å². The van der Waals surface area contributed by atoms with E-state index in [-0.39, 0.29) is 31.0 Å². The number of ether oxygens (including phenoxy) is 2. The number of amides is 1. The second-order valence-corrected chi connectivity index (χ2v) is 10.6. The van der Waals surface area contributed by atoms with Crippen molar-refractivity contribution in [3.63, 3.8) is 0 Å². The van der Waals surface area contributed by atoms with Crippen LogP contribution in [0.2, 0.25) is 0 Å². The van der Waals surface area contributed by atoms with Gasteiger partial charge >= 0.3 is 11.9 Å². The summed E-state index contributed by atoms with van der Waals surface area (Å²) in [7, 11) is -2.89. The third kappa shape index (κ3) is 3.57. The van der Waals surface area contributed by atoms with Gasteiger partial charge in [-0.1, -0.05) is 5.21 Å². The first kappa shape index (κ1) is 23.3. The van der Waals surface area contributed by atoms with E-state index >= 15 is 0 Å². The lowest BCUT2D eigenvalue weighted by Crippen LogP contribution is -2.58. The van der Waals surface area contributed by atoms with Gasteiger partial charge in [0.1, 0.15) is 16.7 Å². The Bertz CT molecular complexity index is 1290. The normalized spacial score (nSPS) is 24.8. The van der Waals surface area contributed by atoms with Crippen molar-refractivity contribution in [1.29, 1.82) is 0 Å². The number of hydrogen-bond donors (Lipinski definition) is 0. The van der Waals surface area contributed by atoms with Crippen LogP contribution in [-0.2, 0) is 42.1 Å². The molecule has 0 saturated carbocycles. The number of nitro groups is 1. The van der Waals surface area contributed by atoms with E-state index in [0.717, 1.165) is 16.7 Å². The number of hydrogen-bond acceptors (Lipinski definition) is 11. The summed E-state index contributed by atoms with van der Waals surface area (Å²) in [6.07, 6.45) is 0.929. The molecule has 0 aliphatic carbocycles. The maximum atomic E-state index is 13.3. The molecule has 2 aliphatic heterocycles. The number of nitrogens with zero attached hydrogens (tertiary/aromatic N) is 5. The van der Waals surface area contributed by atoms with Crippen LogP contribution in [0, 0.1) is 10.1 Å².